The first-order valence-electron chi connectivity index (χ1n) is 8.82. The predicted molar refractivity (Wildman–Crippen MR) is 93.8 cm³/mol. The highest BCUT2D eigenvalue weighted by molar-refractivity contribution is 5.97. The number of hydrogen-bond acceptors (Lipinski definition) is 9. The van der Waals surface area contributed by atoms with Gasteiger partial charge in [0.05, 0.1) is 23.7 Å². The lowest BCUT2D eigenvalue weighted by Gasteiger charge is -2.36. The van der Waals surface area contributed by atoms with Crippen molar-refractivity contribution >= 4 is 23.9 Å². The van der Waals surface area contributed by atoms with Crippen LogP contribution < -0.4 is 11.8 Å². The fourth-order valence-corrected chi connectivity index (χ4v) is 3.78. The molecule has 0 bridgehead atoms. The number of hydrogen-bond donors (Lipinski definition) is 2. The zero-order valence-corrected chi connectivity index (χ0v) is 16.7. The summed E-state index contributed by atoms with van der Waals surface area (Å²) >= 11 is 0. The molecular formula is C18H30N2O7. The largest absolute Gasteiger partial charge is 0.393 e. The van der Waals surface area contributed by atoms with Crippen molar-refractivity contribution in [1.29, 1.82) is 0 Å². The van der Waals surface area contributed by atoms with E-state index in [1.54, 1.807) is 13.8 Å². The summed E-state index contributed by atoms with van der Waals surface area (Å²) < 4.78 is 4.89. The molecule has 1 rings (SSSR count). The van der Waals surface area contributed by atoms with Crippen LogP contribution in [0.4, 0.5) is 0 Å². The summed E-state index contributed by atoms with van der Waals surface area (Å²) in [6.45, 7) is 10.8. The second-order valence-electron chi connectivity index (χ2n) is 9.05. The molecular weight excluding hydrogens is 356 g/mol. The van der Waals surface area contributed by atoms with Crippen LogP contribution in [0.2, 0.25) is 0 Å². The van der Waals surface area contributed by atoms with E-state index in [1.165, 1.54) is 6.92 Å². The Balaban J connectivity index is 3.19. The normalized spacial score (nSPS) is 22.8. The third-order valence-electron chi connectivity index (χ3n) is 5.09. The highest BCUT2D eigenvalue weighted by Gasteiger charge is 2.54. The summed E-state index contributed by atoms with van der Waals surface area (Å²) in [5.74, 6) is 3.74. The maximum atomic E-state index is 12.4. The topological polar surface area (TPSA) is 148 Å². The number of carbonyl (C=O) groups is 4. The minimum absolute atomic E-state index is 0.0486. The SMILES string of the molecule is CC(C(=O)ON)C(CC(C)(C)C1C(=O)OC(=O)C1CC(C)(C)C)C(=O)ON. The van der Waals surface area contributed by atoms with Gasteiger partial charge >= 0.3 is 23.9 Å². The van der Waals surface area contributed by atoms with Crippen molar-refractivity contribution in [2.24, 2.45) is 46.3 Å². The van der Waals surface area contributed by atoms with Gasteiger partial charge in [-0.3, -0.25) is 19.2 Å². The minimum atomic E-state index is -1.00. The predicted octanol–water partition coefficient (Wildman–Crippen LogP) is 1.24. The number of carbonyl (C=O) groups excluding carboxylic acids is 4. The molecule has 27 heavy (non-hydrogen) atoms. The summed E-state index contributed by atoms with van der Waals surface area (Å²) in [4.78, 5) is 57.1. The van der Waals surface area contributed by atoms with Crippen molar-refractivity contribution in [1.82, 2.24) is 0 Å². The van der Waals surface area contributed by atoms with Gasteiger partial charge in [0.25, 0.3) is 0 Å². The van der Waals surface area contributed by atoms with E-state index >= 15 is 0 Å². The number of cyclic esters (lactones) is 2. The first-order chi connectivity index (χ1) is 12.2. The summed E-state index contributed by atoms with van der Waals surface area (Å²) in [6, 6.07) is 0. The molecule has 4 atom stereocenters. The van der Waals surface area contributed by atoms with Crippen LogP contribution in [0.1, 0.15) is 54.4 Å². The quantitative estimate of drug-likeness (QED) is 0.374. The summed E-state index contributed by atoms with van der Waals surface area (Å²) in [5, 5.41) is 0. The van der Waals surface area contributed by atoms with Gasteiger partial charge in [-0.05, 0) is 23.7 Å². The van der Waals surface area contributed by atoms with Crippen molar-refractivity contribution in [3.8, 4) is 0 Å². The molecule has 9 nitrogen and oxygen atoms in total. The van der Waals surface area contributed by atoms with E-state index in [1.807, 2.05) is 20.8 Å². The van der Waals surface area contributed by atoms with E-state index in [0.29, 0.717) is 6.42 Å². The zero-order chi connectivity index (χ0) is 21.2. The molecule has 0 saturated carbocycles. The molecule has 4 N–H and O–H groups in total. The van der Waals surface area contributed by atoms with Gasteiger partial charge in [0.1, 0.15) is 0 Å². The van der Waals surface area contributed by atoms with Crippen LogP contribution in [-0.4, -0.2) is 23.9 Å². The lowest BCUT2D eigenvalue weighted by molar-refractivity contribution is -0.163. The molecule has 0 aromatic carbocycles. The number of nitrogens with two attached hydrogens (primary N) is 2. The fourth-order valence-electron chi connectivity index (χ4n) is 3.78. The van der Waals surface area contributed by atoms with Gasteiger partial charge in [0, 0.05) is 0 Å². The van der Waals surface area contributed by atoms with Crippen molar-refractivity contribution in [3.05, 3.63) is 0 Å². The third kappa shape index (κ3) is 5.49. The first kappa shape index (κ1) is 23.0. The smallest absolute Gasteiger partial charge is 0.328 e. The zero-order valence-electron chi connectivity index (χ0n) is 16.7. The Bertz CT molecular complexity index is 609. The molecule has 1 heterocycles. The monoisotopic (exact) mass is 386 g/mol. The van der Waals surface area contributed by atoms with Crippen LogP contribution in [0.3, 0.4) is 0 Å². The minimum Gasteiger partial charge on any atom is -0.393 e. The Hall–Kier alpha value is -2.00. The molecule has 0 amide bonds. The average molecular weight is 386 g/mol. The van der Waals surface area contributed by atoms with Crippen LogP contribution in [0.15, 0.2) is 0 Å². The second kappa shape index (κ2) is 8.35. The average Bonchev–Trinajstić information content (AvgIpc) is 2.82. The molecule has 0 radical (unpaired) electrons. The third-order valence-corrected chi connectivity index (χ3v) is 5.09. The van der Waals surface area contributed by atoms with E-state index in [2.05, 4.69) is 9.68 Å². The van der Waals surface area contributed by atoms with Gasteiger partial charge in [0.15, 0.2) is 0 Å². The molecule has 1 aliphatic rings. The molecule has 1 fully saturated rings. The molecule has 0 aromatic heterocycles. The lowest BCUT2D eigenvalue weighted by atomic mass is 9.64. The van der Waals surface area contributed by atoms with Gasteiger partial charge in [-0.1, -0.05) is 41.5 Å². The number of ether oxygens (including phenoxy) is 1. The summed E-state index contributed by atoms with van der Waals surface area (Å²) in [7, 11) is 0. The maximum absolute atomic E-state index is 12.4. The van der Waals surface area contributed by atoms with E-state index in [-0.39, 0.29) is 11.8 Å². The molecule has 0 aromatic rings. The number of esters is 2. The van der Waals surface area contributed by atoms with Gasteiger partial charge in [-0.25, -0.2) is 0 Å². The van der Waals surface area contributed by atoms with E-state index in [4.69, 9.17) is 16.5 Å². The second-order valence-corrected chi connectivity index (χ2v) is 9.05. The van der Waals surface area contributed by atoms with Crippen molar-refractivity contribution in [2.75, 3.05) is 0 Å². The van der Waals surface area contributed by atoms with Crippen LogP contribution in [0, 0.1) is 34.5 Å². The Kier molecular flexibility index (Phi) is 7.12. The van der Waals surface area contributed by atoms with Crippen LogP contribution in [-0.2, 0) is 33.6 Å². The first-order valence-corrected chi connectivity index (χ1v) is 8.82. The van der Waals surface area contributed by atoms with E-state index < -0.39 is 53.0 Å². The molecule has 0 spiro atoms. The van der Waals surface area contributed by atoms with Crippen LogP contribution >= 0.6 is 0 Å². The van der Waals surface area contributed by atoms with Crippen molar-refractivity contribution in [2.45, 2.75) is 54.4 Å². The van der Waals surface area contributed by atoms with Gasteiger partial charge in [0.2, 0.25) is 0 Å². The Morgan fingerprint density at radius 1 is 1.04 bits per heavy atom. The Labute approximate surface area is 159 Å². The fraction of sp³-hybridized carbons (Fsp3) is 0.778. The summed E-state index contributed by atoms with van der Waals surface area (Å²) in [6.07, 6.45) is 0.491. The van der Waals surface area contributed by atoms with E-state index in [0.717, 1.165) is 0 Å². The molecule has 4 unspecified atom stereocenters. The standard InChI is InChI=1S/C18H30N2O7/c1-9(13(21)26-19)10(15(23)27-20)8-18(5,6)12-11(7-17(2,3)4)14(22)25-16(12)24/h9-12H,7-8,19-20H2,1-6H3. The maximum Gasteiger partial charge on any atom is 0.328 e. The van der Waals surface area contributed by atoms with Crippen LogP contribution in [0.25, 0.3) is 0 Å². The highest BCUT2D eigenvalue weighted by atomic mass is 16.7. The molecule has 1 aliphatic heterocycles. The molecule has 9 heteroatoms. The van der Waals surface area contributed by atoms with Gasteiger partial charge in [-0.15, -0.1) is 0 Å². The van der Waals surface area contributed by atoms with Crippen molar-refractivity contribution in [3.63, 3.8) is 0 Å². The number of rotatable bonds is 7. The van der Waals surface area contributed by atoms with Gasteiger partial charge < -0.3 is 14.4 Å². The molecule has 0 aliphatic carbocycles. The molecule has 1 saturated heterocycles. The van der Waals surface area contributed by atoms with Crippen LogP contribution in [0.5, 0.6) is 0 Å². The highest BCUT2D eigenvalue weighted by Crippen LogP contribution is 2.47. The van der Waals surface area contributed by atoms with Gasteiger partial charge in [-0.2, -0.15) is 11.8 Å². The Morgan fingerprint density at radius 2 is 1.56 bits per heavy atom. The van der Waals surface area contributed by atoms with Crippen molar-refractivity contribution < 1.29 is 33.6 Å². The Morgan fingerprint density at radius 3 is 2.00 bits per heavy atom. The molecule has 154 valence electrons. The lowest BCUT2D eigenvalue weighted by Crippen LogP contribution is -2.41. The van der Waals surface area contributed by atoms with E-state index in [9.17, 15) is 19.2 Å². The summed E-state index contributed by atoms with van der Waals surface area (Å²) in [5.41, 5.74) is -1.07.